The van der Waals surface area contributed by atoms with Crippen molar-refractivity contribution in [3.05, 3.63) is 51.2 Å². The van der Waals surface area contributed by atoms with Gasteiger partial charge in [0.25, 0.3) is 0 Å². The molecular weight excluding hydrogens is 446 g/mol. The van der Waals surface area contributed by atoms with Gasteiger partial charge in [-0.25, -0.2) is 14.3 Å². The molecule has 148 valence electrons. The monoisotopic (exact) mass is 465 g/mol. The van der Waals surface area contributed by atoms with Crippen LogP contribution in [0.25, 0.3) is 16.9 Å². The summed E-state index contributed by atoms with van der Waals surface area (Å²) in [5, 5.41) is 4.85. The maximum Gasteiger partial charge on any atom is 0.339 e. The van der Waals surface area contributed by atoms with E-state index in [4.69, 9.17) is 21.1 Å². The van der Waals surface area contributed by atoms with E-state index in [1.54, 1.807) is 6.92 Å². The summed E-state index contributed by atoms with van der Waals surface area (Å²) >= 11 is 10.1. The van der Waals surface area contributed by atoms with Crippen LogP contribution in [-0.4, -0.2) is 33.3 Å². The Labute approximate surface area is 176 Å². The second-order valence-electron chi connectivity index (χ2n) is 7.35. The van der Waals surface area contributed by atoms with Crippen molar-refractivity contribution in [1.82, 2.24) is 14.6 Å². The highest BCUT2D eigenvalue weighted by Crippen LogP contribution is 2.34. The Balaban J connectivity index is 2.17. The van der Waals surface area contributed by atoms with Crippen molar-refractivity contribution >= 4 is 39.1 Å². The molecule has 0 radical (unpaired) electrons. The Kier molecular flexibility index (Phi) is 5.79. The minimum absolute atomic E-state index is 0.267. The van der Waals surface area contributed by atoms with Crippen LogP contribution in [0, 0.1) is 6.92 Å². The van der Waals surface area contributed by atoms with Gasteiger partial charge in [-0.3, -0.25) is 0 Å². The van der Waals surface area contributed by atoms with Gasteiger partial charge in [-0.1, -0.05) is 39.7 Å². The van der Waals surface area contributed by atoms with Crippen LogP contribution in [0.5, 0.6) is 0 Å². The molecule has 28 heavy (non-hydrogen) atoms. The van der Waals surface area contributed by atoms with Gasteiger partial charge < -0.3 is 9.47 Å². The third kappa shape index (κ3) is 4.21. The fourth-order valence-corrected chi connectivity index (χ4v) is 3.62. The quantitative estimate of drug-likeness (QED) is 0.393. The van der Waals surface area contributed by atoms with Crippen LogP contribution in [-0.2, 0) is 14.3 Å². The molecular formula is C20H21BrClN3O3. The molecule has 0 N–H and O–H groups in total. The summed E-state index contributed by atoms with van der Waals surface area (Å²) in [4.78, 5) is 17.0. The lowest BCUT2D eigenvalue weighted by Gasteiger charge is -2.27. The van der Waals surface area contributed by atoms with E-state index < -0.39 is 17.7 Å². The number of methoxy groups -OCH3 is 1. The lowest BCUT2D eigenvalue weighted by molar-refractivity contribution is -0.164. The molecule has 0 spiro atoms. The number of hydrogen-bond donors (Lipinski definition) is 0. The molecule has 0 aliphatic heterocycles. The van der Waals surface area contributed by atoms with Crippen molar-refractivity contribution in [2.75, 3.05) is 7.11 Å². The van der Waals surface area contributed by atoms with Crippen molar-refractivity contribution in [3.63, 3.8) is 0 Å². The van der Waals surface area contributed by atoms with Gasteiger partial charge in [0.15, 0.2) is 11.8 Å². The number of hydrogen-bond acceptors (Lipinski definition) is 5. The Morgan fingerprint density at radius 3 is 2.61 bits per heavy atom. The number of halogens is 2. The number of rotatable bonds is 4. The molecule has 0 saturated carbocycles. The molecule has 1 aromatic carbocycles. The predicted octanol–water partition coefficient (Wildman–Crippen LogP) is 5.15. The van der Waals surface area contributed by atoms with Gasteiger partial charge in [-0.05, 0) is 39.8 Å². The van der Waals surface area contributed by atoms with E-state index in [0.717, 1.165) is 15.7 Å². The SMILES string of the molecule is COC(=O)[C@@H](OC(C)(C)C)c1c(C)nc2cc(-c3cccc(Br)c3)nn2c1Cl. The maximum absolute atomic E-state index is 12.4. The van der Waals surface area contributed by atoms with Gasteiger partial charge in [-0.2, -0.15) is 5.10 Å². The van der Waals surface area contributed by atoms with Gasteiger partial charge in [0.1, 0.15) is 5.15 Å². The normalized spacial score (nSPS) is 13.0. The molecule has 0 unspecified atom stereocenters. The first-order chi connectivity index (χ1) is 13.1. The molecule has 0 aliphatic carbocycles. The highest BCUT2D eigenvalue weighted by atomic mass is 79.9. The first-order valence-electron chi connectivity index (χ1n) is 8.68. The molecule has 0 bridgehead atoms. The van der Waals surface area contributed by atoms with E-state index in [2.05, 4.69) is 26.0 Å². The number of carbonyl (C=O) groups is 1. The zero-order chi connectivity index (χ0) is 20.6. The number of benzene rings is 1. The van der Waals surface area contributed by atoms with Gasteiger partial charge >= 0.3 is 5.97 Å². The van der Waals surface area contributed by atoms with Gasteiger partial charge in [-0.15, -0.1) is 0 Å². The van der Waals surface area contributed by atoms with E-state index in [1.807, 2.05) is 51.1 Å². The number of aromatic nitrogens is 3. The van der Waals surface area contributed by atoms with Crippen molar-refractivity contribution in [2.24, 2.45) is 0 Å². The minimum atomic E-state index is -1.01. The number of aryl methyl sites for hydroxylation is 1. The minimum Gasteiger partial charge on any atom is -0.467 e. The van der Waals surface area contributed by atoms with Crippen LogP contribution in [0.4, 0.5) is 0 Å². The van der Waals surface area contributed by atoms with E-state index in [-0.39, 0.29) is 5.15 Å². The van der Waals surface area contributed by atoms with Crippen molar-refractivity contribution in [2.45, 2.75) is 39.4 Å². The highest BCUT2D eigenvalue weighted by Gasteiger charge is 2.33. The summed E-state index contributed by atoms with van der Waals surface area (Å²) in [5.74, 6) is -0.541. The molecule has 2 aromatic heterocycles. The van der Waals surface area contributed by atoms with E-state index >= 15 is 0 Å². The van der Waals surface area contributed by atoms with Crippen molar-refractivity contribution < 1.29 is 14.3 Å². The summed E-state index contributed by atoms with van der Waals surface area (Å²) in [6.07, 6.45) is -1.01. The average Bonchev–Trinajstić information content (AvgIpc) is 3.03. The Morgan fingerprint density at radius 2 is 2.00 bits per heavy atom. The zero-order valence-corrected chi connectivity index (χ0v) is 18.6. The third-order valence-electron chi connectivity index (χ3n) is 4.04. The smallest absolute Gasteiger partial charge is 0.339 e. The molecule has 8 heteroatoms. The molecule has 3 aromatic rings. The molecule has 2 heterocycles. The van der Waals surface area contributed by atoms with Crippen LogP contribution < -0.4 is 0 Å². The molecule has 0 aliphatic rings. The number of carbonyl (C=O) groups excluding carboxylic acids is 1. The second kappa shape index (κ2) is 7.81. The average molecular weight is 467 g/mol. The van der Waals surface area contributed by atoms with Crippen LogP contribution >= 0.6 is 27.5 Å². The fourth-order valence-electron chi connectivity index (χ4n) is 2.86. The number of fused-ring (bicyclic) bond motifs is 1. The largest absolute Gasteiger partial charge is 0.467 e. The Morgan fingerprint density at radius 1 is 1.29 bits per heavy atom. The molecule has 1 atom stereocenters. The van der Waals surface area contributed by atoms with Crippen molar-refractivity contribution in [3.8, 4) is 11.3 Å². The summed E-state index contributed by atoms with van der Waals surface area (Å²) in [6.45, 7) is 7.36. The molecule has 6 nitrogen and oxygen atoms in total. The summed E-state index contributed by atoms with van der Waals surface area (Å²) < 4.78 is 13.3. The Hall–Kier alpha value is -1.96. The van der Waals surface area contributed by atoms with Gasteiger partial charge in [0, 0.05) is 21.8 Å². The first kappa shape index (κ1) is 20.8. The number of ether oxygens (including phenoxy) is 2. The first-order valence-corrected chi connectivity index (χ1v) is 9.85. The second-order valence-corrected chi connectivity index (χ2v) is 8.62. The lowest BCUT2D eigenvalue weighted by atomic mass is 10.1. The van der Waals surface area contributed by atoms with Crippen LogP contribution in [0.3, 0.4) is 0 Å². The maximum atomic E-state index is 12.4. The van der Waals surface area contributed by atoms with Gasteiger partial charge in [0.05, 0.1) is 24.0 Å². The molecule has 0 fully saturated rings. The lowest BCUT2D eigenvalue weighted by Crippen LogP contribution is -2.29. The molecule has 3 rings (SSSR count). The molecule has 0 saturated heterocycles. The predicted molar refractivity (Wildman–Crippen MR) is 111 cm³/mol. The van der Waals surface area contributed by atoms with Crippen molar-refractivity contribution in [1.29, 1.82) is 0 Å². The summed E-state index contributed by atoms with van der Waals surface area (Å²) in [6, 6.07) is 9.64. The topological polar surface area (TPSA) is 65.7 Å². The van der Waals surface area contributed by atoms with Gasteiger partial charge in [0.2, 0.25) is 0 Å². The fraction of sp³-hybridized carbons (Fsp3) is 0.350. The summed E-state index contributed by atoms with van der Waals surface area (Å²) in [5.41, 5.74) is 2.66. The molecule has 0 amide bonds. The highest BCUT2D eigenvalue weighted by molar-refractivity contribution is 9.10. The van der Waals surface area contributed by atoms with E-state index in [1.165, 1.54) is 11.6 Å². The van der Waals surface area contributed by atoms with E-state index in [9.17, 15) is 4.79 Å². The zero-order valence-electron chi connectivity index (χ0n) is 16.3. The number of esters is 1. The summed E-state index contributed by atoms with van der Waals surface area (Å²) in [7, 11) is 1.32. The van der Waals surface area contributed by atoms with Crippen LogP contribution in [0.1, 0.15) is 38.1 Å². The number of nitrogens with zero attached hydrogens (tertiary/aromatic N) is 3. The Bertz CT molecular complexity index is 1040. The van der Waals surface area contributed by atoms with E-state index in [0.29, 0.717) is 16.9 Å². The van der Waals surface area contributed by atoms with Crippen LogP contribution in [0.15, 0.2) is 34.8 Å². The standard InChI is InChI=1S/C20H21BrClN3O3/c1-11-16(17(19(26)27-5)28-20(2,3)4)18(22)25-15(23-11)10-14(24-25)12-7-6-8-13(21)9-12/h6-10,17H,1-5H3/t17-/m0/s1. The third-order valence-corrected chi connectivity index (χ3v) is 4.90. The van der Waals surface area contributed by atoms with Crippen LogP contribution in [0.2, 0.25) is 5.15 Å².